The van der Waals surface area contributed by atoms with Gasteiger partial charge in [-0.2, -0.15) is 0 Å². The first-order chi connectivity index (χ1) is 7.39. The van der Waals surface area contributed by atoms with Crippen molar-refractivity contribution in [2.75, 3.05) is 0 Å². The highest BCUT2D eigenvalue weighted by molar-refractivity contribution is 5.88. The summed E-state index contributed by atoms with van der Waals surface area (Å²) < 4.78 is 5.19. The average molecular weight is 220 g/mol. The molecule has 0 heterocycles. The van der Waals surface area contributed by atoms with E-state index in [-0.39, 0.29) is 11.4 Å². The lowest BCUT2D eigenvalue weighted by Gasteiger charge is -2.19. The van der Waals surface area contributed by atoms with Crippen LogP contribution in [0.15, 0.2) is 0 Å². The van der Waals surface area contributed by atoms with Crippen molar-refractivity contribution in [1.29, 1.82) is 0 Å². The molecule has 2 bridgehead atoms. The van der Waals surface area contributed by atoms with Gasteiger partial charge in [0, 0.05) is 11.3 Å². The fraction of sp³-hybridized carbons (Fsp3) is 0.786. The summed E-state index contributed by atoms with van der Waals surface area (Å²) in [6.07, 6.45) is 6.13. The molecule has 2 rings (SSSR count). The van der Waals surface area contributed by atoms with Gasteiger partial charge in [-0.15, -0.1) is 0 Å². The SMILES string of the molecule is CC(C)(C)OC(=O)C#CC12CCC(CC1)C2. The number of rotatable bonds is 0. The van der Waals surface area contributed by atoms with Gasteiger partial charge >= 0.3 is 5.97 Å². The summed E-state index contributed by atoms with van der Waals surface area (Å²) in [6.45, 7) is 5.60. The number of hydrogen-bond donors (Lipinski definition) is 0. The van der Waals surface area contributed by atoms with Crippen LogP contribution in [0.25, 0.3) is 0 Å². The molecule has 0 aromatic carbocycles. The number of carbonyl (C=O) groups is 1. The Hall–Kier alpha value is -0.970. The molecule has 2 heteroatoms. The van der Waals surface area contributed by atoms with E-state index in [1.807, 2.05) is 20.8 Å². The summed E-state index contributed by atoms with van der Waals surface area (Å²) in [4.78, 5) is 11.5. The molecule has 0 aromatic heterocycles. The van der Waals surface area contributed by atoms with Gasteiger partial charge in [0.1, 0.15) is 5.60 Å². The van der Waals surface area contributed by atoms with Crippen LogP contribution in [0.5, 0.6) is 0 Å². The normalized spacial score (nSPS) is 32.1. The second-order valence-electron chi connectivity index (χ2n) is 6.18. The zero-order valence-corrected chi connectivity index (χ0v) is 10.4. The van der Waals surface area contributed by atoms with Gasteiger partial charge in [-0.1, -0.05) is 5.92 Å². The summed E-state index contributed by atoms with van der Waals surface area (Å²) in [5.74, 6) is 6.36. The molecule has 0 atom stereocenters. The standard InChI is InChI=1S/C14H20O2/c1-13(2,3)16-12(15)6-9-14-7-4-11(10-14)5-8-14/h11H,4-5,7-8,10H2,1-3H3. The number of hydrogen-bond acceptors (Lipinski definition) is 2. The van der Waals surface area contributed by atoms with Gasteiger partial charge in [0.15, 0.2) is 0 Å². The van der Waals surface area contributed by atoms with Crippen molar-refractivity contribution >= 4 is 5.97 Å². The topological polar surface area (TPSA) is 26.3 Å². The van der Waals surface area contributed by atoms with E-state index in [1.54, 1.807) is 0 Å². The third kappa shape index (κ3) is 2.58. The van der Waals surface area contributed by atoms with Crippen molar-refractivity contribution in [2.24, 2.45) is 11.3 Å². The average Bonchev–Trinajstić information content (AvgIpc) is 2.72. The Morgan fingerprint density at radius 3 is 2.38 bits per heavy atom. The summed E-state index contributed by atoms with van der Waals surface area (Å²) in [5.41, 5.74) is -0.279. The van der Waals surface area contributed by atoms with E-state index in [0.717, 1.165) is 5.92 Å². The van der Waals surface area contributed by atoms with Gasteiger partial charge in [-0.05, 0) is 58.8 Å². The Balaban J connectivity index is 1.97. The lowest BCUT2D eigenvalue weighted by Crippen LogP contribution is -2.23. The van der Waals surface area contributed by atoms with Crippen molar-refractivity contribution < 1.29 is 9.53 Å². The van der Waals surface area contributed by atoms with Gasteiger partial charge in [0.25, 0.3) is 0 Å². The second kappa shape index (κ2) is 3.80. The maximum absolute atomic E-state index is 11.5. The largest absolute Gasteiger partial charge is 0.450 e. The Morgan fingerprint density at radius 1 is 1.31 bits per heavy atom. The summed E-state index contributed by atoms with van der Waals surface area (Å²) in [5, 5.41) is 0. The maximum Gasteiger partial charge on any atom is 0.384 e. The molecular formula is C14H20O2. The van der Waals surface area contributed by atoms with Crippen molar-refractivity contribution in [3.8, 4) is 11.8 Å². The third-order valence-electron chi connectivity index (χ3n) is 3.57. The fourth-order valence-electron chi connectivity index (χ4n) is 2.85. The Morgan fingerprint density at radius 2 is 1.94 bits per heavy atom. The molecule has 0 aromatic rings. The molecule has 0 radical (unpaired) electrons. The first-order valence-electron chi connectivity index (χ1n) is 6.15. The van der Waals surface area contributed by atoms with Gasteiger partial charge < -0.3 is 4.74 Å². The molecule has 2 aliphatic rings. The highest BCUT2D eigenvalue weighted by Crippen LogP contribution is 2.53. The van der Waals surface area contributed by atoms with Crippen LogP contribution in [0.4, 0.5) is 0 Å². The van der Waals surface area contributed by atoms with Gasteiger partial charge in [0.2, 0.25) is 0 Å². The second-order valence-corrected chi connectivity index (χ2v) is 6.18. The van der Waals surface area contributed by atoms with Crippen molar-refractivity contribution in [3.05, 3.63) is 0 Å². The van der Waals surface area contributed by atoms with Crippen LogP contribution in [-0.4, -0.2) is 11.6 Å². The zero-order chi connectivity index (χ0) is 11.8. The molecule has 88 valence electrons. The van der Waals surface area contributed by atoms with Crippen molar-refractivity contribution in [2.45, 2.75) is 58.5 Å². The highest BCUT2D eigenvalue weighted by atomic mass is 16.6. The summed E-state index contributed by atoms with van der Waals surface area (Å²) in [6, 6.07) is 0. The molecule has 0 aliphatic heterocycles. The van der Waals surface area contributed by atoms with Crippen LogP contribution >= 0.6 is 0 Å². The van der Waals surface area contributed by atoms with E-state index in [9.17, 15) is 4.79 Å². The van der Waals surface area contributed by atoms with Crippen LogP contribution in [0, 0.1) is 23.2 Å². The third-order valence-corrected chi connectivity index (χ3v) is 3.57. The van der Waals surface area contributed by atoms with E-state index < -0.39 is 5.60 Å². The van der Waals surface area contributed by atoms with E-state index in [0.29, 0.717) is 0 Å². The minimum atomic E-state index is -0.433. The minimum Gasteiger partial charge on any atom is -0.450 e. The Bertz CT molecular complexity index is 343. The van der Waals surface area contributed by atoms with Crippen LogP contribution in [0.2, 0.25) is 0 Å². The predicted molar refractivity (Wildman–Crippen MR) is 62.6 cm³/mol. The number of esters is 1. The number of fused-ring (bicyclic) bond motifs is 2. The van der Waals surface area contributed by atoms with E-state index in [2.05, 4.69) is 11.8 Å². The Kier molecular flexibility index (Phi) is 2.74. The molecular weight excluding hydrogens is 200 g/mol. The van der Waals surface area contributed by atoms with Gasteiger partial charge in [-0.3, -0.25) is 0 Å². The maximum atomic E-state index is 11.5. The minimum absolute atomic E-state index is 0.154. The monoisotopic (exact) mass is 220 g/mol. The molecule has 0 unspecified atom stereocenters. The van der Waals surface area contributed by atoms with Crippen LogP contribution < -0.4 is 0 Å². The first kappa shape index (κ1) is 11.5. The Labute approximate surface area is 97.7 Å². The van der Waals surface area contributed by atoms with Crippen LogP contribution in [-0.2, 0) is 9.53 Å². The lowest BCUT2D eigenvalue weighted by atomic mass is 9.85. The lowest BCUT2D eigenvalue weighted by molar-refractivity contribution is -0.147. The molecule has 16 heavy (non-hydrogen) atoms. The number of ether oxygens (including phenoxy) is 1. The van der Waals surface area contributed by atoms with Crippen LogP contribution in [0.1, 0.15) is 52.9 Å². The van der Waals surface area contributed by atoms with Gasteiger partial charge in [0.05, 0.1) is 0 Å². The van der Waals surface area contributed by atoms with E-state index in [1.165, 1.54) is 32.1 Å². The molecule has 2 saturated carbocycles. The van der Waals surface area contributed by atoms with E-state index in [4.69, 9.17) is 4.74 Å². The van der Waals surface area contributed by atoms with Crippen LogP contribution in [0.3, 0.4) is 0 Å². The molecule has 2 nitrogen and oxygen atoms in total. The molecule has 0 amide bonds. The number of carbonyl (C=O) groups excluding carboxylic acids is 1. The van der Waals surface area contributed by atoms with Crippen molar-refractivity contribution in [3.63, 3.8) is 0 Å². The molecule has 0 N–H and O–H groups in total. The quantitative estimate of drug-likeness (QED) is 0.356. The molecule has 2 aliphatic carbocycles. The zero-order valence-electron chi connectivity index (χ0n) is 10.4. The van der Waals surface area contributed by atoms with Crippen molar-refractivity contribution in [1.82, 2.24) is 0 Å². The molecule has 0 spiro atoms. The van der Waals surface area contributed by atoms with Gasteiger partial charge in [-0.25, -0.2) is 4.79 Å². The van der Waals surface area contributed by atoms with E-state index >= 15 is 0 Å². The summed E-state index contributed by atoms with van der Waals surface area (Å²) in [7, 11) is 0. The first-order valence-corrected chi connectivity index (χ1v) is 6.15. The molecule has 0 saturated heterocycles. The molecule has 2 fully saturated rings. The fourth-order valence-corrected chi connectivity index (χ4v) is 2.85. The highest BCUT2D eigenvalue weighted by Gasteiger charge is 2.43. The summed E-state index contributed by atoms with van der Waals surface area (Å²) >= 11 is 0. The predicted octanol–water partition coefficient (Wildman–Crippen LogP) is 2.91. The smallest absolute Gasteiger partial charge is 0.384 e.